The number of aromatic nitrogens is 3. The van der Waals surface area contributed by atoms with Gasteiger partial charge in [-0.3, -0.25) is 15.2 Å². The van der Waals surface area contributed by atoms with Gasteiger partial charge in [-0.2, -0.15) is 5.10 Å². The van der Waals surface area contributed by atoms with E-state index in [2.05, 4.69) is 20.5 Å². The Hall–Kier alpha value is -2.47. The Kier molecular flexibility index (Phi) is 3.07. The highest BCUT2D eigenvalue weighted by Gasteiger charge is 2.15. The zero-order chi connectivity index (χ0) is 13.1. The first kappa shape index (κ1) is 11.6. The molecule has 0 bridgehead atoms. The van der Waals surface area contributed by atoms with E-state index in [1.807, 2.05) is 35.7 Å². The van der Waals surface area contributed by atoms with E-state index in [9.17, 15) is 4.79 Å². The van der Waals surface area contributed by atoms with Crippen LogP contribution in [0.25, 0.3) is 11.3 Å². The van der Waals surface area contributed by atoms with Crippen molar-refractivity contribution in [1.29, 1.82) is 0 Å². The van der Waals surface area contributed by atoms with Crippen LogP contribution >= 0.6 is 11.3 Å². The Balaban J connectivity index is 1.90. The van der Waals surface area contributed by atoms with E-state index in [1.165, 1.54) is 17.5 Å². The summed E-state index contributed by atoms with van der Waals surface area (Å²) >= 11 is 1.38. The van der Waals surface area contributed by atoms with Crippen molar-refractivity contribution in [1.82, 2.24) is 15.2 Å². The number of carbonyl (C=O) groups is 1. The van der Waals surface area contributed by atoms with Crippen molar-refractivity contribution in [2.24, 2.45) is 0 Å². The number of aromatic amines is 1. The minimum absolute atomic E-state index is 0.220. The fourth-order valence-electron chi connectivity index (χ4n) is 1.73. The lowest BCUT2D eigenvalue weighted by Crippen LogP contribution is -2.11. The summed E-state index contributed by atoms with van der Waals surface area (Å²) < 4.78 is 0. The maximum Gasteiger partial charge on any atom is 0.261 e. The third-order valence-corrected chi connectivity index (χ3v) is 3.29. The number of thiazole rings is 1. The van der Waals surface area contributed by atoms with Crippen molar-refractivity contribution in [3.8, 4) is 11.3 Å². The zero-order valence-electron chi connectivity index (χ0n) is 9.83. The molecule has 6 heteroatoms. The number of rotatable bonds is 3. The fourth-order valence-corrected chi connectivity index (χ4v) is 2.26. The smallest absolute Gasteiger partial charge is 0.261 e. The second-order valence-corrected chi connectivity index (χ2v) is 4.71. The molecule has 0 aliphatic rings. The number of hydrogen-bond donors (Lipinski definition) is 2. The molecule has 94 valence electrons. The summed E-state index contributed by atoms with van der Waals surface area (Å²) in [5.74, 6) is -0.220. The zero-order valence-corrected chi connectivity index (χ0v) is 10.6. The van der Waals surface area contributed by atoms with Crippen molar-refractivity contribution in [2.45, 2.75) is 0 Å². The quantitative estimate of drug-likeness (QED) is 0.768. The SMILES string of the molecule is O=C(Nc1nccs1)c1cn[nH]c1-c1ccccc1. The standard InChI is InChI=1S/C13H10N4OS/c18-12(16-13-14-6-7-19-13)10-8-15-17-11(10)9-4-2-1-3-5-9/h1-8H,(H,15,17)(H,14,16,18). The number of hydrogen-bond acceptors (Lipinski definition) is 4. The average molecular weight is 270 g/mol. The summed E-state index contributed by atoms with van der Waals surface area (Å²) in [6, 6.07) is 9.61. The highest BCUT2D eigenvalue weighted by molar-refractivity contribution is 7.13. The fraction of sp³-hybridized carbons (Fsp3) is 0. The molecule has 2 aromatic heterocycles. The number of anilines is 1. The number of H-pyrrole nitrogens is 1. The molecule has 0 unspecified atom stereocenters. The summed E-state index contributed by atoms with van der Waals surface area (Å²) in [6.45, 7) is 0. The molecule has 0 spiro atoms. The molecule has 1 aromatic carbocycles. The summed E-state index contributed by atoms with van der Waals surface area (Å²) in [6.07, 6.45) is 3.17. The summed E-state index contributed by atoms with van der Waals surface area (Å²) in [5, 5.41) is 11.9. The van der Waals surface area contributed by atoms with Crippen LogP contribution in [0.1, 0.15) is 10.4 Å². The minimum Gasteiger partial charge on any atom is -0.298 e. The third kappa shape index (κ3) is 2.38. The van der Waals surface area contributed by atoms with Gasteiger partial charge in [-0.25, -0.2) is 4.98 Å². The van der Waals surface area contributed by atoms with Crippen LogP contribution in [-0.4, -0.2) is 21.1 Å². The summed E-state index contributed by atoms with van der Waals surface area (Å²) in [4.78, 5) is 16.2. The molecule has 3 aromatic rings. The summed E-state index contributed by atoms with van der Waals surface area (Å²) in [5.41, 5.74) is 2.13. The number of benzene rings is 1. The highest BCUT2D eigenvalue weighted by Crippen LogP contribution is 2.22. The van der Waals surface area contributed by atoms with E-state index < -0.39 is 0 Å². The molecule has 0 saturated heterocycles. The topological polar surface area (TPSA) is 70.7 Å². The van der Waals surface area contributed by atoms with Gasteiger partial charge in [-0.15, -0.1) is 11.3 Å². The molecule has 19 heavy (non-hydrogen) atoms. The molecule has 0 atom stereocenters. The number of carbonyl (C=O) groups excluding carboxylic acids is 1. The lowest BCUT2D eigenvalue weighted by molar-refractivity contribution is 0.102. The van der Waals surface area contributed by atoms with Gasteiger partial charge in [0.1, 0.15) is 0 Å². The van der Waals surface area contributed by atoms with Crippen molar-refractivity contribution in [2.75, 3.05) is 5.32 Å². The molecule has 0 aliphatic carbocycles. The van der Waals surface area contributed by atoms with E-state index in [1.54, 1.807) is 6.20 Å². The molecule has 0 fully saturated rings. The Labute approximate surface area is 113 Å². The van der Waals surface area contributed by atoms with Crippen molar-refractivity contribution in [3.05, 3.63) is 53.7 Å². The van der Waals surface area contributed by atoms with Crippen LogP contribution < -0.4 is 5.32 Å². The van der Waals surface area contributed by atoms with E-state index >= 15 is 0 Å². The van der Waals surface area contributed by atoms with Crippen molar-refractivity contribution in [3.63, 3.8) is 0 Å². The van der Waals surface area contributed by atoms with Gasteiger partial charge in [-0.05, 0) is 0 Å². The van der Waals surface area contributed by atoms with E-state index in [-0.39, 0.29) is 5.91 Å². The lowest BCUT2D eigenvalue weighted by atomic mass is 10.1. The monoisotopic (exact) mass is 270 g/mol. The molecular weight excluding hydrogens is 260 g/mol. The van der Waals surface area contributed by atoms with Crippen molar-refractivity contribution >= 4 is 22.4 Å². The molecule has 3 rings (SSSR count). The van der Waals surface area contributed by atoms with Gasteiger partial charge in [0.2, 0.25) is 0 Å². The molecule has 2 heterocycles. The molecule has 0 saturated carbocycles. The van der Waals surface area contributed by atoms with Crippen LogP contribution in [0.3, 0.4) is 0 Å². The molecule has 2 N–H and O–H groups in total. The van der Waals surface area contributed by atoms with Gasteiger partial charge < -0.3 is 0 Å². The average Bonchev–Trinajstić information content (AvgIpc) is 3.10. The Morgan fingerprint density at radius 3 is 2.84 bits per heavy atom. The number of nitrogens with zero attached hydrogens (tertiary/aromatic N) is 2. The first-order valence-corrected chi connectivity index (χ1v) is 6.52. The maximum absolute atomic E-state index is 12.2. The van der Waals surface area contributed by atoms with Gasteiger partial charge in [0.25, 0.3) is 5.91 Å². The Bertz CT molecular complexity index is 676. The predicted molar refractivity (Wildman–Crippen MR) is 74.1 cm³/mol. The van der Waals surface area contributed by atoms with Crippen LogP contribution in [0.5, 0.6) is 0 Å². The highest BCUT2D eigenvalue weighted by atomic mass is 32.1. The second kappa shape index (κ2) is 5.03. The van der Waals surface area contributed by atoms with Crippen LogP contribution in [0.15, 0.2) is 48.1 Å². The van der Waals surface area contributed by atoms with Crippen molar-refractivity contribution < 1.29 is 4.79 Å². The predicted octanol–water partition coefficient (Wildman–Crippen LogP) is 2.79. The molecule has 5 nitrogen and oxygen atoms in total. The lowest BCUT2D eigenvalue weighted by Gasteiger charge is -2.03. The maximum atomic E-state index is 12.2. The van der Waals surface area contributed by atoms with Gasteiger partial charge in [0.05, 0.1) is 17.5 Å². The van der Waals surface area contributed by atoms with Gasteiger partial charge in [0, 0.05) is 17.1 Å². The van der Waals surface area contributed by atoms with E-state index in [4.69, 9.17) is 0 Å². The molecular formula is C13H10N4OS. The van der Waals surface area contributed by atoms with Gasteiger partial charge >= 0.3 is 0 Å². The van der Waals surface area contributed by atoms with E-state index in [0.29, 0.717) is 16.4 Å². The van der Waals surface area contributed by atoms with Crippen LogP contribution in [0, 0.1) is 0 Å². The van der Waals surface area contributed by atoms with Crippen LogP contribution in [0.4, 0.5) is 5.13 Å². The molecule has 0 radical (unpaired) electrons. The second-order valence-electron chi connectivity index (χ2n) is 3.82. The number of nitrogens with one attached hydrogen (secondary N) is 2. The van der Waals surface area contributed by atoms with E-state index in [0.717, 1.165) is 5.56 Å². The first-order valence-electron chi connectivity index (χ1n) is 5.64. The van der Waals surface area contributed by atoms with Crippen LogP contribution in [-0.2, 0) is 0 Å². The molecule has 0 aliphatic heterocycles. The Morgan fingerprint density at radius 1 is 1.26 bits per heavy atom. The normalized spacial score (nSPS) is 10.3. The summed E-state index contributed by atoms with van der Waals surface area (Å²) in [7, 11) is 0. The minimum atomic E-state index is -0.220. The largest absolute Gasteiger partial charge is 0.298 e. The van der Waals surface area contributed by atoms with Crippen LogP contribution in [0.2, 0.25) is 0 Å². The Morgan fingerprint density at radius 2 is 2.11 bits per heavy atom. The third-order valence-electron chi connectivity index (χ3n) is 2.60. The van der Waals surface area contributed by atoms with Gasteiger partial charge in [-0.1, -0.05) is 30.3 Å². The van der Waals surface area contributed by atoms with Gasteiger partial charge in [0.15, 0.2) is 5.13 Å². The first-order chi connectivity index (χ1) is 9.34. The molecule has 1 amide bonds. The number of amides is 1.